The molecule has 0 unspecified atom stereocenters. The molecule has 0 atom stereocenters. The molecule has 0 aliphatic carbocycles. The summed E-state index contributed by atoms with van der Waals surface area (Å²) in [6.45, 7) is 2.88. The highest BCUT2D eigenvalue weighted by atomic mass is 19.2. The number of aliphatic hydroxyl groups is 1. The highest BCUT2D eigenvalue weighted by Gasteiger charge is 2.40. The summed E-state index contributed by atoms with van der Waals surface area (Å²) < 4.78 is 26.2. The van der Waals surface area contributed by atoms with Crippen LogP contribution >= 0.6 is 0 Å². The second kappa shape index (κ2) is 4.09. The topological polar surface area (TPSA) is 49.2 Å². The van der Waals surface area contributed by atoms with Crippen LogP contribution in [0.3, 0.4) is 0 Å². The normalized spacial score (nSPS) is 17.6. The fourth-order valence-electron chi connectivity index (χ4n) is 2.20. The van der Waals surface area contributed by atoms with Gasteiger partial charge in [-0.25, -0.2) is 13.8 Å². The van der Waals surface area contributed by atoms with Gasteiger partial charge in [0.05, 0.1) is 35.9 Å². The fourth-order valence-corrected chi connectivity index (χ4v) is 2.20. The van der Waals surface area contributed by atoms with E-state index in [0.717, 1.165) is 12.1 Å². The third kappa shape index (κ3) is 2.02. The average molecular weight is 265 g/mol. The van der Waals surface area contributed by atoms with Crippen LogP contribution < -0.4 is 4.90 Å². The number of benzene rings is 1. The largest absolute Gasteiger partial charge is 0.386 e. The van der Waals surface area contributed by atoms with Crippen molar-refractivity contribution in [1.29, 1.82) is 0 Å². The number of anilines is 1. The summed E-state index contributed by atoms with van der Waals surface area (Å²) >= 11 is 0. The monoisotopic (exact) mass is 265 g/mol. The smallest absolute Gasteiger partial charge is 0.161 e. The molecule has 3 rings (SSSR count). The third-order valence-corrected chi connectivity index (χ3v) is 3.52. The highest BCUT2D eigenvalue weighted by Crippen LogP contribution is 2.29. The first kappa shape index (κ1) is 12.2. The van der Waals surface area contributed by atoms with Crippen molar-refractivity contribution in [1.82, 2.24) is 9.97 Å². The standard InChI is InChI=1S/C13H13F2N3O/c1-2-13(19)6-18(7-13)12-5-16-10-3-8(14)9(15)4-11(10)17-12/h3-5,19H,2,6-7H2,1H3. The lowest BCUT2D eigenvalue weighted by Crippen LogP contribution is -2.61. The molecule has 1 aliphatic heterocycles. The lowest BCUT2D eigenvalue weighted by Gasteiger charge is -2.46. The zero-order chi connectivity index (χ0) is 13.6. The first-order valence-electron chi connectivity index (χ1n) is 6.10. The summed E-state index contributed by atoms with van der Waals surface area (Å²) in [6, 6.07) is 2.06. The van der Waals surface area contributed by atoms with Gasteiger partial charge in [0.15, 0.2) is 11.6 Å². The minimum Gasteiger partial charge on any atom is -0.386 e. The Morgan fingerprint density at radius 1 is 1.26 bits per heavy atom. The van der Waals surface area contributed by atoms with Gasteiger partial charge in [-0.3, -0.25) is 4.98 Å². The lowest BCUT2D eigenvalue weighted by atomic mass is 9.91. The molecule has 1 aromatic carbocycles. The Kier molecular flexibility index (Phi) is 2.63. The first-order chi connectivity index (χ1) is 9.00. The van der Waals surface area contributed by atoms with E-state index in [1.807, 2.05) is 11.8 Å². The molecule has 0 bridgehead atoms. The van der Waals surface area contributed by atoms with Gasteiger partial charge in [0.25, 0.3) is 0 Å². The van der Waals surface area contributed by atoms with Gasteiger partial charge < -0.3 is 10.0 Å². The van der Waals surface area contributed by atoms with Crippen LogP contribution in [0.1, 0.15) is 13.3 Å². The van der Waals surface area contributed by atoms with Gasteiger partial charge in [0.2, 0.25) is 0 Å². The second-order valence-electron chi connectivity index (χ2n) is 4.92. The Labute approximate surface area is 108 Å². The van der Waals surface area contributed by atoms with E-state index >= 15 is 0 Å². The zero-order valence-electron chi connectivity index (χ0n) is 10.4. The molecule has 4 nitrogen and oxygen atoms in total. The lowest BCUT2D eigenvalue weighted by molar-refractivity contribution is 0.00806. The van der Waals surface area contributed by atoms with Crippen molar-refractivity contribution >= 4 is 16.9 Å². The van der Waals surface area contributed by atoms with E-state index in [1.54, 1.807) is 0 Å². The third-order valence-electron chi connectivity index (χ3n) is 3.52. The summed E-state index contributed by atoms with van der Waals surface area (Å²) in [5.74, 6) is -1.30. The SMILES string of the molecule is CCC1(O)CN(c2cnc3cc(F)c(F)cc3n2)C1. The molecule has 1 aliphatic rings. The molecular weight excluding hydrogens is 252 g/mol. The number of β-amino-alcohol motifs (C(OH)–C–C–N with tert-alkyl or cyclic N) is 1. The number of halogens is 2. The highest BCUT2D eigenvalue weighted by molar-refractivity contribution is 5.76. The fraction of sp³-hybridized carbons (Fsp3) is 0.385. The number of hydrogen-bond donors (Lipinski definition) is 1. The molecule has 0 amide bonds. The quantitative estimate of drug-likeness (QED) is 0.900. The molecule has 2 aromatic rings. The summed E-state index contributed by atoms with van der Waals surface area (Å²) in [7, 11) is 0. The molecule has 2 heterocycles. The van der Waals surface area contributed by atoms with Crippen LogP contribution in [0, 0.1) is 11.6 Å². The predicted molar refractivity (Wildman–Crippen MR) is 66.9 cm³/mol. The van der Waals surface area contributed by atoms with E-state index < -0.39 is 17.2 Å². The van der Waals surface area contributed by atoms with Crippen LogP contribution in [0.5, 0.6) is 0 Å². The molecule has 0 saturated carbocycles. The van der Waals surface area contributed by atoms with Gasteiger partial charge in [0.1, 0.15) is 5.82 Å². The number of aromatic nitrogens is 2. The van der Waals surface area contributed by atoms with Gasteiger partial charge in [-0.2, -0.15) is 0 Å². The summed E-state index contributed by atoms with van der Waals surface area (Å²) in [6.07, 6.45) is 2.18. The molecule has 0 radical (unpaired) electrons. The van der Waals surface area contributed by atoms with Crippen molar-refractivity contribution in [2.75, 3.05) is 18.0 Å². The molecule has 1 fully saturated rings. The van der Waals surface area contributed by atoms with E-state index in [-0.39, 0.29) is 0 Å². The van der Waals surface area contributed by atoms with Gasteiger partial charge in [-0.05, 0) is 6.42 Å². The molecule has 0 spiro atoms. The van der Waals surface area contributed by atoms with Crippen molar-refractivity contribution in [2.45, 2.75) is 18.9 Å². The van der Waals surface area contributed by atoms with Crippen molar-refractivity contribution in [3.8, 4) is 0 Å². The molecule has 19 heavy (non-hydrogen) atoms. The Morgan fingerprint density at radius 3 is 2.53 bits per heavy atom. The van der Waals surface area contributed by atoms with Crippen LogP contribution in [0.25, 0.3) is 11.0 Å². The van der Waals surface area contributed by atoms with Gasteiger partial charge in [-0.15, -0.1) is 0 Å². The first-order valence-corrected chi connectivity index (χ1v) is 6.10. The Bertz CT molecular complexity index is 641. The minimum atomic E-state index is -0.937. The summed E-state index contributed by atoms with van der Waals surface area (Å²) in [5, 5.41) is 9.94. The van der Waals surface area contributed by atoms with Crippen LogP contribution in [0.15, 0.2) is 18.3 Å². The van der Waals surface area contributed by atoms with Crippen LogP contribution in [-0.2, 0) is 0 Å². The van der Waals surface area contributed by atoms with Crippen LogP contribution in [-0.4, -0.2) is 33.8 Å². The molecular formula is C13H13F2N3O. The Hall–Kier alpha value is -1.82. The van der Waals surface area contributed by atoms with Crippen molar-refractivity contribution in [3.63, 3.8) is 0 Å². The number of rotatable bonds is 2. The van der Waals surface area contributed by atoms with Crippen LogP contribution in [0.4, 0.5) is 14.6 Å². The van der Waals surface area contributed by atoms with E-state index in [0.29, 0.717) is 36.4 Å². The number of fused-ring (bicyclic) bond motifs is 1. The maximum atomic E-state index is 13.2. The van der Waals surface area contributed by atoms with Crippen molar-refractivity contribution in [2.24, 2.45) is 0 Å². The molecule has 100 valence electrons. The van der Waals surface area contributed by atoms with Crippen LogP contribution in [0.2, 0.25) is 0 Å². The van der Waals surface area contributed by atoms with E-state index in [9.17, 15) is 13.9 Å². The van der Waals surface area contributed by atoms with E-state index in [1.165, 1.54) is 6.20 Å². The number of nitrogens with zero attached hydrogens (tertiary/aromatic N) is 3. The maximum absolute atomic E-state index is 13.2. The number of hydrogen-bond acceptors (Lipinski definition) is 4. The van der Waals surface area contributed by atoms with E-state index in [2.05, 4.69) is 9.97 Å². The Balaban J connectivity index is 1.93. The van der Waals surface area contributed by atoms with Crippen molar-refractivity contribution < 1.29 is 13.9 Å². The summed E-state index contributed by atoms with van der Waals surface area (Å²) in [5.41, 5.74) is -0.0534. The van der Waals surface area contributed by atoms with Gasteiger partial charge >= 0.3 is 0 Å². The molecule has 1 N–H and O–H groups in total. The molecule has 6 heteroatoms. The average Bonchev–Trinajstić information content (AvgIpc) is 2.36. The maximum Gasteiger partial charge on any atom is 0.161 e. The molecule has 1 saturated heterocycles. The second-order valence-corrected chi connectivity index (χ2v) is 4.92. The van der Waals surface area contributed by atoms with E-state index in [4.69, 9.17) is 0 Å². The predicted octanol–water partition coefficient (Wildman–Crippen LogP) is 1.87. The van der Waals surface area contributed by atoms with Gasteiger partial charge in [-0.1, -0.05) is 6.92 Å². The minimum absolute atomic E-state index is 0.309. The van der Waals surface area contributed by atoms with Crippen molar-refractivity contribution in [3.05, 3.63) is 30.0 Å². The Morgan fingerprint density at radius 2 is 1.89 bits per heavy atom. The zero-order valence-corrected chi connectivity index (χ0v) is 10.4. The van der Waals surface area contributed by atoms with Gasteiger partial charge in [0, 0.05) is 12.1 Å². The molecule has 1 aromatic heterocycles. The summed E-state index contributed by atoms with van der Waals surface area (Å²) in [4.78, 5) is 10.2.